The van der Waals surface area contributed by atoms with Crippen molar-refractivity contribution >= 4 is 17.3 Å². The molecule has 3 rings (SSSR count). The highest BCUT2D eigenvalue weighted by molar-refractivity contribution is 6.30. The number of aromatic hydroxyl groups is 1. The number of hydrogen-bond donors (Lipinski definition) is 1. The van der Waals surface area contributed by atoms with Crippen molar-refractivity contribution in [2.24, 2.45) is 0 Å². The van der Waals surface area contributed by atoms with E-state index in [2.05, 4.69) is 30.0 Å². The second-order valence-corrected chi connectivity index (χ2v) is 5.86. The molecular formula is C17H18ClNO2. The molecule has 0 aromatic heterocycles. The van der Waals surface area contributed by atoms with Crippen LogP contribution in [0.1, 0.15) is 18.1 Å². The Morgan fingerprint density at radius 1 is 1.33 bits per heavy atom. The average Bonchev–Trinajstić information content (AvgIpc) is 2.78. The molecule has 110 valence electrons. The van der Waals surface area contributed by atoms with Crippen molar-refractivity contribution in [1.82, 2.24) is 0 Å². The lowest BCUT2D eigenvalue weighted by Crippen LogP contribution is -2.28. The minimum absolute atomic E-state index is 0.165. The van der Waals surface area contributed by atoms with Gasteiger partial charge in [-0.1, -0.05) is 29.8 Å². The maximum atomic E-state index is 10.3. The Kier molecular flexibility index (Phi) is 3.68. The van der Waals surface area contributed by atoms with Crippen LogP contribution in [0.25, 0.3) is 0 Å². The highest BCUT2D eigenvalue weighted by atomic mass is 35.5. The van der Waals surface area contributed by atoms with Gasteiger partial charge in [0.05, 0.1) is 7.11 Å². The molecule has 0 saturated heterocycles. The van der Waals surface area contributed by atoms with Crippen molar-refractivity contribution in [1.29, 1.82) is 0 Å². The first kappa shape index (κ1) is 14.1. The van der Waals surface area contributed by atoms with E-state index in [9.17, 15) is 5.11 Å². The summed E-state index contributed by atoms with van der Waals surface area (Å²) in [5, 5.41) is 10.9. The number of hydrogen-bond acceptors (Lipinski definition) is 3. The number of phenols is 1. The molecule has 1 heterocycles. The van der Waals surface area contributed by atoms with Crippen molar-refractivity contribution in [3.8, 4) is 11.5 Å². The molecule has 0 saturated carbocycles. The fourth-order valence-electron chi connectivity index (χ4n) is 2.96. The quantitative estimate of drug-likeness (QED) is 0.930. The van der Waals surface area contributed by atoms with Crippen LogP contribution in [-0.2, 0) is 13.0 Å². The summed E-state index contributed by atoms with van der Waals surface area (Å²) in [5.74, 6) is 0.580. The minimum atomic E-state index is 0.165. The van der Waals surface area contributed by atoms with E-state index < -0.39 is 0 Å². The lowest BCUT2D eigenvalue weighted by molar-refractivity contribution is 0.370. The van der Waals surface area contributed by atoms with Gasteiger partial charge in [-0.25, -0.2) is 0 Å². The second-order valence-electron chi connectivity index (χ2n) is 5.43. The summed E-state index contributed by atoms with van der Waals surface area (Å²) in [6, 6.07) is 12.2. The number of rotatable bonds is 3. The molecule has 2 aromatic rings. The number of para-hydroxylation sites is 1. The molecule has 4 heteroatoms. The van der Waals surface area contributed by atoms with E-state index in [0.29, 0.717) is 23.4 Å². The van der Waals surface area contributed by atoms with Gasteiger partial charge in [0.1, 0.15) is 0 Å². The predicted octanol–water partition coefficient (Wildman–Crippen LogP) is 4.01. The number of ether oxygens (including phenoxy) is 1. The molecule has 21 heavy (non-hydrogen) atoms. The lowest BCUT2D eigenvalue weighted by Gasteiger charge is -2.25. The molecule has 0 radical (unpaired) electrons. The summed E-state index contributed by atoms with van der Waals surface area (Å²) >= 11 is 6.11. The van der Waals surface area contributed by atoms with Crippen molar-refractivity contribution in [3.63, 3.8) is 0 Å². The summed E-state index contributed by atoms with van der Waals surface area (Å²) in [5.41, 5.74) is 3.35. The van der Waals surface area contributed by atoms with Crippen LogP contribution in [0.2, 0.25) is 5.02 Å². The SMILES string of the molecule is COc1cc(Cl)cc(CN2c3ccccc3CC2C)c1O. The third-order valence-electron chi connectivity index (χ3n) is 4.03. The van der Waals surface area contributed by atoms with Crippen LogP contribution < -0.4 is 9.64 Å². The Hall–Kier alpha value is -1.87. The van der Waals surface area contributed by atoms with Crippen molar-refractivity contribution in [2.45, 2.75) is 25.9 Å². The van der Waals surface area contributed by atoms with Crippen LogP contribution in [-0.4, -0.2) is 18.3 Å². The number of anilines is 1. The predicted molar refractivity (Wildman–Crippen MR) is 85.5 cm³/mol. The summed E-state index contributed by atoms with van der Waals surface area (Å²) in [4.78, 5) is 2.29. The molecule has 0 spiro atoms. The number of nitrogens with zero attached hydrogens (tertiary/aromatic N) is 1. The van der Waals surface area contributed by atoms with Gasteiger partial charge >= 0.3 is 0 Å². The summed E-state index contributed by atoms with van der Waals surface area (Å²) in [6.07, 6.45) is 1.02. The van der Waals surface area contributed by atoms with E-state index in [1.807, 2.05) is 6.07 Å². The maximum absolute atomic E-state index is 10.3. The molecule has 0 aliphatic carbocycles. The summed E-state index contributed by atoms with van der Waals surface area (Å²) < 4.78 is 5.17. The van der Waals surface area contributed by atoms with Crippen LogP contribution in [0.5, 0.6) is 11.5 Å². The van der Waals surface area contributed by atoms with E-state index in [-0.39, 0.29) is 5.75 Å². The Morgan fingerprint density at radius 2 is 2.10 bits per heavy atom. The average molecular weight is 304 g/mol. The molecule has 1 N–H and O–H groups in total. The molecule has 1 unspecified atom stereocenters. The molecule has 1 atom stereocenters. The normalized spacial score (nSPS) is 16.9. The number of halogens is 1. The highest BCUT2D eigenvalue weighted by Gasteiger charge is 2.26. The topological polar surface area (TPSA) is 32.7 Å². The third kappa shape index (κ3) is 2.54. The fraction of sp³-hybridized carbons (Fsp3) is 0.294. The molecule has 0 bridgehead atoms. The zero-order valence-corrected chi connectivity index (χ0v) is 12.9. The highest BCUT2D eigenvalue weighted by Crippen LogP contribution is 2.38. The molecular weight excluding hydrogens is 286 g/mol. The molecule has 2 aromatic carbocycles. The smallest absolute Gasteiger partial charge is 0.162 e. The third-order valence-corrected chi connectivity index (χ3v) is 4.25. The van der Waals surface area contributed by atoms with E-state index >= 15 is 0 Å². The van der Waals surface area contributed by atoms with Crippen LogP contribution in [0.3, 0.4) is 0 Å². The van der Waals surface area contributed by atoms with Gasteiger partial charge in [0, 0.05) is 34.9 Å². The van der Waals surface area contributed by atoms with Crippen molar-refractivity contribution in [2.75, 3.05) is 12.0 Å². The summed E-state index contributed by atoms with van der Waals surface area (Å²) in [6.45, 7) is 2.81. The van der Waals surface area contributed by atoms with Crippen LogP contribution in [0.4, 0.5) is 5.69 Å². The van der Waals surface area contributed by atoms with Gasteiger partial charge in [-0.05, 0) is 31.0 Å². The second kappa shape index (κ2) is 5.49. The number of benzene rings is 2. The maximum Gasteiger partial charge on any atom is 0.162 e. The van der Waals surface area contributed by atoms with Crippen molar-refractivity contribution < 1.29 is 9.84 Å². The van der Waals surface area contributed by atoms with Gasteiger partial charge in [0.25, 0.3) is 0 Å². The van der Waals surface area contributed by atoms with Gasteiger partial charge in [0.15, 0.2) is 11.5 Å². The van der Waals surface area contributed by atoms with Crippen LogP contribution in [0, 0.1) is 0 Å². The van der Waals surface area contributed by atoms with E-state index in [1.54, 1.807) is 12.1 Å². The zero-order chi connectivity index (χ0) is 15.0. The van der Waals surface area contributed by atoms with Gasteiger partial charge in [-0.2, -0.15) is 0 Å². The van der Waals surface area contributed by atoms with Gasteiger partial charge in [0.2, 0.25) is 0 Å². The first-order valence-corrected chi connectivity index (χ1v) is 7.38. The molecule has 3 nitrogen and oxygen atoms in total. The first-order valence-electron chi connectivity index (χ1n) is 7.00. The standard InChI is InChI=1S/C17H18ClNO2/c1-11-7-12-5-3-4-6-15(12)19(11)10-13-8-14(18)9-16(21-2)17(13)20/h3-6,8-9,11,20H,7,10H2,1-2H3. The van der Waals surface area contributed by atoms with E-state index in [1.165, 1.54) is 18.4 Å². The molecule has 1 aliphatic heterocycles. The Morgan fingerprint density at radius 3 is 2.86 bits per heavy atom. The minimum Gasteiger partial charge on any atom is -0.504 e. The van der Waals surface area contributed by atoms with Crippen molar-refractivity contribution in [3.05, 3.63) is 52.5 Å². The molecule has 1 aliphatic rings. The number of methoxy groups -OCH3 is 1. The Labute approximate surface area is 129 Å². The Bertz CT molecular complexity index is 672. The number of fused-ring (bicyclic) bond motifs is 1. The zero-order valence-electron chi connectivity index (χ0n) is 12.1. The van der Waals surface area contributed by atoms with Crippen LogP contribution >= 0.6 is 11.6 Å². The Balaban J connectivity index is 1.96. The molecule has 0 fully saturated rings. The van der Waals surface area contributed by atoms with Gasteiger partial charge < -0.3 is 14.7 Å². The lowest BCUT2D eigenvalue weighted by atomic mass is 10.1. The molecule has 0 amide bonds. The van der Waals surface area contributed by atoms with E-state index in [4.69, 9.17) is 16.3 Å². The fourth-order valence-corrected chi connectivity index (χ4v) is 3.19. The first-order chi connectivity index (χ1) is 10.1. The van der Waals surface area contributed by atoms with Gasteiger partial charge in [-0.15, -0.1) is 0 Å². The van der Waals surface area contributed by atoms with Gasteiger partial charge in [-0.3, -0.25) is 0 Å². The largest absolute Gasteiger partial charge is 0.504 e. The summed E-state index contributed by atoms with van der Waals surface area (Å²) in [7, 11) is 1.53. The number of phenolic OH excluding ortho intramolecular Hbond substituents is 1. The monoisotopic (exact) mass is 303 g/mol. The van der Waals surface area contributed by atoms with E-state index in [0.717, 1.165) is 12.0 Å². The van der Waals surface area contributed by atoms with Crippen LogP contribution in [0.15, 0.2) is 36.4 Å².